The monoisotopic (exact) mass is 400 g/mol. The van der Waals surface area contributed by atoms with Gasteiger partial charge in [-0.1, -0.05) is 45.0 Å². The maximum Gasteiger partial charge on any atom is 0.138 e. The predicted octanol–water partition coefficient (Wildman–Crippen LogP) is 4.72. The molecule has 0 radical (unpaired) electrons. The van der Waals surface area contributed by atoms with Gasteiger partial charge in [-0.2, -0.15) is 0 Å². The smallest absolute Gasteiger partial charge is 0.138 e. The van der Waals surface area contributed by atoms with Crippen molar-refractivity contribution >= 4 is 5.78 Å². The van der Waals surface area contributed by atoms with Gasteiger partial charge in [-0.15, -0.1) is 0 Å². The summed E-state index contributed by atoms with van der Waals surface area (Å²) in [5.41, 5.74) is 1.52. The molecule has 0 heterocycles. The number of carbonyl (C=O) groups excluding carboxylic acids is 1. The van der Waals surface area contributed by atoms with Crippen LogP contribution in [0.15, 0.2) is 48.5 Å². The summed E-state index contributed by atoms with van der Waals surface area (Å²) in [6.07, 6.45) is -0.770. The van der Waals surface area contributed by atoms with Crippen LogP contribution in [-0.4, -0.2) is 31.2 Å². The van der Waals surface area contributed by atoms with Crippen molar-refractivity contribution in [1.82, 2.24) is 0 Å². The zero-order chi connectivity index (χ0) is 21.4. The molecule has 0 unspecified atom stereocenters. The minimum absolute atomic E-state index is 0.0250. The van der Waals surface area contributed by atoms with Crippen LogP contribution >= 0.6 is 0 Å². The summed E-state index contributed by atoms with van der Waals surface area (Å²) in [5, 5.41) is 10.4. The Kier molecular flexibility index (Phi) is 8.23. The Bertz CT molecular complexity index is 759. The standard InChI is InChI=1S/C24H32O5/c1-24(2,3)23(29-16-17-6-10-20(27-4)11-7-17)15-19(25)14-22(26)18-8-12-21(28-5)13-9-18/h6-13,22-23,26H,14-16H2,1-5H3/t22-,23+/m0/s1. The first-order valence-corrected chi connectivity index (χ1v) is 9.81. The quantitative estimate of drug-likeness (QED) is 0.625. The Morgan fingerprint density at radius 1 is 0.897 bits per heavy atom. The molecule has 0 aliphatic heterocycles. The molecule has 0 aliphatic carbocycles. The van der Waals surface area contributed by atoms with Gasteiger partial charge in [0.2, 0.25) is 0 Å². The van der Waals surface area contributed by atoms with Crippen molar-refractivity contribution in [2.24, 2.45) is 5.41 Å². The molecule has 2 atom stereocenters. The fraction of sp³-hybridized carbons (Fsp3) is 0.458. The van der Waals surface area contributed by atoms with Gasteiger partial charge in [0.05, 0.1) is 33.0 Å². The van der Waals surface area contributed by atoms with E-state index in [9.17, 15) is 9.90 Å². The van der Waals surface area contributed by atoms with E-state index in [1.165, 1.54) is 0 Å². The predicted molar refractivity (Wildman–Crippen MR) is 113 cm³/mol. The van der Waals surface area contributed by atoms with Crippen LogP contribution in [0.4, 0.5) is 0 Å². The van der Waals surface area contributed by atoms with Crippen LogP contribution in [0, 0.1) is 5.41 Å². The van der Waals surface area contributed by atoms with E-state index in [1.54, 1.807) is 38.5 Å². The van der Waals surface area contributed by atoms with Gasteiger partial charge in [-0.05, 0) is 40.8 Å². The van der Waals surface area contributed by atoms with Crippen molar-refractivity contribution in [3.8, 4) is 11.5 Å². The second-order valence-electron chi connectivity index (χ2n) is 8.25. The fourth-order valence-corrected chi connectivity index (χ4v) is 2.98. The van der Waals surface area contributed by atoms with Gasteiger partial charge in [0.25, 0.3) is 0 Å². The third kappa shape index (κ3) is 7.18. The molecule has 0 amide bonds. The van der Waals surface area contributed by atoms with Crippen molar-refractivity contribution < 1.29 is 24.1 Å². The van der Waals surface area contributed by atoms with Crippen molar-refractivity contribution in [3.05, 3.63) is 59.7 Å². The first-order chi connectivity index (χ1) is 13.7. The molecule has 2 rings (SSSR count). The van der Waals surface area contributed by atoms with E-state index in [0.29, 0.717) is 17.9 Å². The normalized spacial score (nSPS) is 13.6. The molecule has 0 aromatic heterocycles. The summed E-state index contributed by atoms with van der Waals surface area (Å²) >= 11 is 0. The molecule has 5 heteroatoms. The lowest BCUT2D eigenvalue weighted by Crippen LogP contribution is -2.32. The van der Waals surface area contributed by atoms with Crippen molar-refractivity contribution in [2.75, 3.05) is 14.2 Å². The van der Waals surface area contributed by atoms with Gasteiger partial charge in [-0.3, -0.25) is 4.79 Å². The largest absolute Gasteiger partial charge is 0.497 e. The fourth-order valence-electron chi connectivity index (χ4n) is 2.98. The number of ether oxygens (including phenoxy) is 3. The average molecular weight is 401 g/mol. The number of rotatable bonds is 10. The van der Waals surface area contributed by atoms with Crippen molar-refractivity contribution in [1.29, 1.82) is 0 Å². The topological polar surface area (TPSA) is 65.0 Å². The van der Waals surface area contributed by atoms with E-state index in [4.69, 9.17) is 14.2 Å². The molecular formula is C24H32O5. The number of Topliss-reactive ketones (excluding diaryl/α,β-unsaturated/α-hetero) is 1. The molecule has 2 aromatic carbocycles. The van der Waals surface area contributed by atoms with Crippen LogP contribution in [0.3, 0.4) is 0 Å². The molecule has 0 saturated carbocycles. The molecule has 5 nitrogen and oxygen atoms in total. The lowest BCUT2D eigenvalue weighted by Gasteiger charge is -2.30. The molecule has 158 valence electrons. The highest BCUT2D eigenvalue weighted by Crippen LogP contribution is 2.28. The van der Waals surface area contributed by atoms with Crippen LogP contribution in [0.2, 0.25) is 0 Å². The number of aliphatic hydroxyl groups is 1. The van der Waals surface area contributed by atoms with E-state index in [1.807, 2.05) is 24.3 Å². The summed E-state index contributed by atoms with van der Waals surface area (Å²) in [4.78, 5) is 12.6. The zero-order valence-electron chi connectivity index (χ0n) is 18.0. The SMILES string of the molecule is COc1ccc(CO[C@H](CC(=O)C[C@H](O)c2ccc(OC)cc2)C(C)(C)C)cc1. The van der Waals surface area contributed by atoms with Gasteiger partial charge in [0, 0.05) is 12.8 Å². The molecule has 0 fully saturated rings. The highest BCUT2D eigenvalue weighted by atomic mass is 16.5. The maximum absolute atomic E-state index is 12.6. The molecular weight excluding hydrogens is 368 g/mol. The first-order valence-electron chi connectivity index (χ1n) is 9.81. The molecule has 0 bridgehead atoms. The number of methoxy groups -OCH3 is 2. The summed E-state index contributed by atoms with van der Waals surface area (Å²) < 4.78 is 16.4. The molecule has 1 N–H and O–H groups in total. The van der Waals surface area contributed by atoms with E-state index in [2.05, 4.69) is 20.8 Å². The van der Waals surface area contributed by atoms with Gasteiger partial charge in [0.1, 0.15) is 17.3 Å². The summed E-state index contributed by atoms with van der Waals surface area (Å²) in [5.74, 6) is 1.48. The lowest BCUT2D eigenvalue weighted by molar-refractivity contribution is -0.127. The molecule has 0 saturated heterocycles. The van der Waals surface area contributed by atoms with Gasteiger partial charge >= 0.3 is 0 Å². The Balaban J connectivity index is 1.94. The second-order valence-corrected chi connectivity index (χ2v) is 8.25. The van der Waals surface area contributed by atoms with E-state index >= 15 is 0 Å². The number of hydrogen-bond donors (Lipinski definition) is 1. The van der Waals surface area contributed by atoms with Crippen molar-refractivity contribution in [2.45, 2.75) is 52.4 Å². The van der Waals surface area contributed by atoms with Crippen molar-refractivity contribution in [3.63, 3.8) is 0 Å². The van der Waals surface area contributed by atoms with Gasteiger partial charge in [-0.25, -0.2) is 0 Å². The third-order valence-electron chi connectivity index (χ3n) is 4.91. The molecule has 2 aromatic rings. The Morgan fingerprint density at radius 3 is 1.90 bits per heavy atom. The first kappa shape index (κ1) is 22.9. The summed E-state index contributed by atoms with van der Waals surface area (Å²) in [7, 11) is 3.22. The highest BCUT2D eigenvalue weighted by molar-refractivity contribution is 5.79. The van der Waals surface area contributed by atoms with E-state index < -0.39 is 6.10 Å². The third-order valence-corrected chi connectivity index (χ3v) is 4.91. The average Bonchev–Trinajstić information content (AvgIpc) is 2.70. The summed E-state index contributed by atoms with van der Waals surface area (Å²) in [6.45, 7) is 6.58. The number of carbonyl (C=O) groups is 1. The number of benzene rings is 2. The molecule has 0 aliphatic rings. The van der Waals surface area contributed by atoms with Crippen LogP contribution in [0.5, 0.6) is 11.5 Å². The van der Waals surface area contributed by atoms with Crippen LogP contribution < -0.4 is 9.47 Å². The molecule has 0 spiro atoms. The number of ketones is 1. The lowest BCUT2D eigenvalue weighted by atomic mass is 9.85. The van der Waals surface area contributed by atoms with E-state index in [-0.39, 0.29) is 30.1 Å². The second kappa shape index (κ2) is 10.4. The zero-order valence-corrected chi connectivity index (χ0v) is 18.0. The Hall–Kier alpha value is -2.37. The van der Waals surface area contributed by atoms with Crippen LogP contribution in [-0.2, 0) is 16.1 Å². The number of aliphatic hydroxyl groups excluding tert-OH is 1. The van der Waals surface area contributed by atoms with Gasteiger partial charge in [0.15, 0.2) is 0 Å². The van der Waals surface area contributed by atoms with Crippen LogP contribution in [0.1, 0.15) is 50.8 Å². The summed E-state index contributed by atoms with van der Waals surface area (Å²) in [6, 6.07) is 14.8. The molecule has 29 heavy (non-hydrogen) atoms. The number of hydrogen-bond acceptors (Lipinski definition) is 5. The minimum Gasteiger partial charge on any atom is -0.497 e. The van der Waals surface area contributed by atoms with E-state index in [0.717, 1.165) is 11.3 Å². The maximum atomic E-state index is 12.6. The van der Waals surface area contributed by atoms with Gasteiger partial charge < -0.3 is 19.3 Å². The Morgan fingerprint density at radius 2 is 1.41 bits per heavy atom. The van der Waals surface area contributed by atoms with Crippen LogP contribution in [0.25, 0.3) is 0 Å². The Labute approximate surface area is 173 Å². The minimum atomic E-state index is -0.837. The highest BCUT2D eigenvalue weighted by Gasteiger charge is 2.28.